The van der Waals surface area contributed by atoms with E-state index in [1.54, 1.807) is 0 Å². The lowest BCUT2D eigenvalue weighted by Crippen LogP contribution is -2.70. The zero-order valence-corrected chi connectivity index (χ0v) is 13.7. The van der Waals surface area contributed by atoms with E-state index in [-0.39, 0.29) is 0 Å². The summed E-state index contributed by atoms with van der Waals surface area (Å²) >= 11 is 0. The summed E-state index contributed by atoms with van der Waals surface area (Å²) in [5.41, 5.74) is 0. The summed E-state index contributed by atoms with van der Waals surface area (Å²) in [5.74, 6) is -38.5. The van der Waals surface area contributed by atoms with Gasteiger partial charge in [0, 0.05) is 0 Å². The fourth-order valence-corrected chi connectivity index (χ4v) is 1.48. The molecule has 16 heteroatoms. The van der Waals surface area contributed by atoms with E-state index < -0.39 is 60.8 Å². The monoisotopic (exact) mass is 449 g/mol. The molecule has 0 spiro atoms. The first-order chi connectivity index (χ1) is 12.1. The Labute approximate surface area is 148 Å². The predicted molar refractivity (Wildman–Crippen MR) is 64.9 cm³/mol. The number of rotatable bonds is 9. The van der Waals surface area contributed by atoms with E-state index in [2.05, 4.69) is 10.1 Å². The van der Waals surface area contributed by atoms with Crippen molar-refractivity contribution in [2.45, 2.75) is 55.2 Å². The molecular weight excluding hydrogens is 437 g/mol. The summed E-state index contributed by atoms with van der Waals surface area (Å²) in [4.78, 5) is 11.1. The molecule has 0 heterocycles. The molecule has 0 aromatic carbocycles. The number of likely N-dealkylation sites (N-methyl/N-ethyl adjacent to an activating group) is 1. The maximum absolute atomic E-state index is 13.3. The maximum Gasteiger partial charge on any atom is 0.460 e. The second-order valence-electron chi connectivity index (χ2n) is 5.43. The van der Waals surface area contributed by atoms with Gasteiger partial charge in [0.05, 0.1) is 13.0 Å². The van der Waals surface area contributed by atoms with Crippen LogP contribution in [0.2, 0.25) is 0 Å². The number of carbonyl (C=O) groups excluding carboxylic acids is 1. The summed E-state index contributed by atoms with van der Waals surface area (Å²) < 4.78 is 170. The van der Waals surface area contributed by atoms with Gasteiger partial charge in [0.15, 0.2) is 0 Å². The molecule has 0 aromatic rings. The van der Waals surface area contributed by atoms with Crippen molar-refractivity contribution >= 4 is 5.97 Å². The molecule has 0 aliphatic rings. The number of carbonyl (C=O) groups is 1. The fourth-order valence-electron chi connectivity index (χ4n) is 1.48. The number of alkyl halides is 13. The minimum Gasteiger partial charge on any atom is -0.464 e. The average molecular weight is 449 g/mol. The van der Waals surface area contributed by atoms with Crippen molar-refractivity contribution in [3.63, 3.8) is 0 Å². The summed E-state index contributed by atoms with van der Waals surface area (Å²) in [7, 11) is 1.16. The van der Waals surface area contributed by atoms with Crippen LogP contribution in [0, 0.1) is 0 Å². The van der Waals surface area contributed by atoms with Crippen LogP contribution in [0.5, 0.6) is 0 Å². The molecule has 168 valence electrons. The molecule has 3 nitrogen and oxygen atoms in total. The second kappa shape index (κ2) is 7.74. The van der Waals surface area contributed by atoms with E-state index in [1.165, 1.54) is 0 Å². The highest BCUT2D eigenvalue weighted by Gasteiger charge is 2.90. The van der Waals surface area contributed by atoms with Crippen LogP contribution in [0.15, 0.2) is 0 Å². The second-order valence-corrected chi connectivity index (χ2v) is 5.43. The third kappa shape index (κ3) is 4.25. The lowest BCUT2D eigenvalue weighted by molar-refractivity contribution is -0.440. The van der Waals surface area contributed by atoms with Crippen molar-refractivity contribution < 1.29 is 66.6 Å². The van der Waals surface area contributed by atoms with Crippen molar-refractivity contribution in [1.82, 2.24) is 5.32 Å². The highest BCUT2D eigenvalue weighted by Crippen LogP contribution is 2.60. The smallest absolute Gasteiger partial charge is 0.460 e. The Balaban J connectivity index is 5.71. The molecule has 0 bridgehead atoms. The number of ether oxygens (including phenoxy) is 1. The predicted octanol–water partition coefficient (Wildman–Crippen LogP) is 4.27. The number of hydrogen-bond acceptors (Lipinski definition) is 3. The first kappa shape index (κ1) is 26.5. The van der Waals surface area contributed by atoms with Crippen LogP contribution in [0.4, 0.5) is 57.1 Å². The van der Waals surface area contributed by atoms with Crippen molar-refractivity contribution in [2.75, 3.05) is 13.7 Å². The quantitative estimate of drug-likeness (QED) is 0.422. The molecule has 1 N–H and O–H groups in total. The Hall–Kier alpha value is -1.48. The molecule has 0 aliphatic carbocycles. The third-order valence-electron chi connectivity index (χ3n) is 3.45. The van der Waals surface area contributed by atoms with Crippen LogP contribution in [0.25, 0.3) is 0 Å². The summed E-state index contributed by atoms with van der Waals surface area (Å²) in [5, 5.41) is 2.20. The molecule has 0 fully saturated rings. The summed E-state index contributed by atoms with van der Waals surface area (Å²) in [6, 6.07) is -1.19. The number of halogens is 13. The molecule has 0 radical (unpaired) electrons. The van der Waals surface area contributed by atoms with Gasteiger partial charge in [-0.25, -0.2) is 0 Å². The average Bonchev–Trinajstić information content (AvgIpc) is 2.51. The van der Waals surface area contributed by atoms with Crippen LogP contribution in [-0.4, -0.2) is 61.5 Å². The van der Waals surface area contributed by atoms with Gasteiger partial charge < -0.3 is 10.1 Å². The minimum atomic E-state index is -7.94. The Morgan fingerprint density at radius 3 is 1.54 bits per heavy atom. The molecular formula is C12H12F13NO2. The first-order valence-electron chi connectivity index (χ1n) is 6.91. The lowest BCUT2D eigenvalue weighted by atomic mass is 9.93. The summed E-state index contributed by atoms with van der Waals surface area (Å²) in [6.45, 7) is -0.673. The molecule has 0 saturated carbocycles. The SMILES string of the molecule is CNC(C)C(=O)OCCC(F)(F)C(F)(F)C(F)(F)C(F)(F)C(F)(F)C(F)(F)F. The third-order valence-corrected chi connectivity index (χ3v) is 3.45. The maximum atomic E-state index is 13.3. The van der Waals surface area contributed by atoms with Gasteiger partial charge in [-0.3, -0.25) is 4.79 Å². The van der Waals surface area contributed by atoms with Crippen LogP contribution < -0.4 is 5.32 Å². The fraction of sp³-hybridized carbons (Fsp3) is 0.917. The highest BCUT2D eigenvalue weighted by atomic mass is 19.4. The topological polar surface area (TPSA) is 38.3 Å². The number of nitrogens with one attached hydrogen (secondary N) is 1. The van der Waals surface area contributed by atoms with E-state index in [0.29, 0.717) is 0 Å². The Morgan fingerprint density at radius 1 is 0.786 bits per heavy atom. The van der Waals surface area contributed by atoms with Gasteiger partial charge in [-0.1, -0.05) is 0 Å². The van der Waals surface area contributed by atoms with Gasteiger partial charge in [-0.2, -0.15) is 57.1 Å². The van der Waals surface area contributed by atoms with E-state index in [0.717, 1.165) is 14.0 Å². The zero-order chi connectivity index (χ0) is 23.0. The highest BCUT2D eigenvalue weighted by molar-refractivity contribution is 5.75. The molecule has 1 atom stereocenters. The largest absolute Gasteiger partial charge is 0.464 e. The molecule has 0 saturated heterocycles. The van der Waals surface area contributed by atoms with Crippen molar-refractivity contribution in [3.05, 3.63) is 0 Å². The van der Waals surface area contributed by atoms with E-state index in [1.807, 2.05) is 0 Å². The molecule has 0 aromatic heterocycles. The van der Waals surface area contributed by atoms with Crippen molar-refractivity contribution in [3.8, 4) is 0 Å². The normalized spacial score (nSPS) is 16.1. The minimum absolute atomic E-state index is 1.09. The number of hydrogen-bond donors (Lipinski definition) is 1. The van der Waals surface area contributed by atoms with Gasteiger partial charge in [0.2, 0.25) is 0 Å². The van der Waals surface area contributed by atoms with E-state index >= 15 is 0 Å². The molecule has 0 amide bonds. The number of esters is 1. The Morgan fingerprint density at radius 2 is 1.18 bits per heavy atom. The van der Waals surface area contributed by atoms with Gasteiger partial charge in [0.1, 0.15) is 6.04 Å². The van der Waals surface area contributed by atoms with Gasteiger partial charge >= 0.3 is 41.8 Å². The van der Waals surface area contributed by atoms with E-state index in [9.17, 15) is 61.9 Å². The van der Waals surface area contributed by atoms with Gasteiger partial charge in [-0.05, 0) is 14.0 Å². The molecule has 0 rings (SSSR count). The van der Waals surface area contributed by atoms with Crippen molar-refractivity contribution in [2.24, 2.45) is 0 Å². The summed E-state index contributed by atoms with van der Waals surface area (Å²) in [6.07, 6.45) is -10.0. The van der Waals surface area contributed by atoms with Gasteiger partial charge in [-0.15, -0.1) is 0 Å². The van der Waals surface area contributed by atoms with Crippen LogP contribution in [0.3, 0.4) is 0 Å². The van der Waals surface area contributed by atoms with Crippen molar-refractivity contribution in [1.29, 1.82) is 0 Å². The van der Waals surface area contributed by atoms with Gasteiger partial charge in [0.25, 0.3) is 0 Å². The standard InChI is InChI=1S/C12H12F13NO2/c1-5(26-2)6(27)28-4-3-7(13,14)8(15,16)9(17,18)10(19,20)11(21,22)12(23,24)25/h5,26H,3-4H2,1-2H3. The zero-order valence-electron chi connectivity index (χ0n) is 13.7. The van der Waals surface area contributed by atoms with Crippen LogP contribution >= 0.6 is 0 Å². The molecule has 28 heavy (non-hydrogen) atoms. The Kier molecular flexibility index (Phi) is 7.33. The molecule has 1 unspecified atom stereocenters. The Bertz CT molecular complexity index is 558. The molecule has 0 aliphatic heterocycles. The van der Waals surface area contributed by atoms with Crippen LogP contribution in [-0.2, 0) is 9.53 Å². The van der Waals surface area contributed by atoms with E-state index in [4.69, 9.17) is 0 Å². The van der Waals surface area contributed by atoms with Crippen LogP contribution in [0.1, 0.15) is 13.3 Å². The first-order valence-corrected chi connectivity index (χ1v) is 6.91. The lowest BCUT2D eigenvalue weighted by Gasteiger charge is -2.39.